The SMILES string of the molecule is Cc1cc(C)c(N=CC2CCC(C=Nc3c(C)cc(C)cc3C)N2C)c(C)c1.[Cl][Fe][Cl]. The first kappa shape index (κ1) is 26.1. The van der Waals surface area contributed by atoms with Gasteiger partial charge in [-0.2, -0.15) is 0 Å². The standard InChI is InChI=1S/C25H33N3.2ClH.Fe/c1-16-10-18(3)24(19(4)11-16)26-14-22-8-9-23(28(22)7)15-27-25-20(5)12-17(2)13-21(25)6;;;/h10-15,22-23H,8-9H2,1-7H3;2*1H;/q;;;+2/p-2. The molecule has 1 aliphatic rings. The Morgan fingerprint density at radius 3 is 1.32 bits per heavy atom. The first-order valence-electron chi connectivity index (χ1n) is 10.5. The van der Waals surface area contributed by atoms with Crippen LogP contribution < -0.4 is 0 Å². The summed E-state index contributed by atoms with van der Waals surface area (Å²) < 4.78 is 0. The molecular formula is C25H33Cl2FeN3. The topological polar surface area (TPSA) is 28.0 Å². The third kappa shape index (κ3) is 7.17. The van der Waals surface area contributed by atoms with E-state index < -0.39 is 0 Å². The van der Waals surface area contributed by atoms with E-state index in [9.17, 15) is 0 Å². The first-order valence-corrected chi connectivity index (χ1v) is 13.5. The van der Waals surface area contributed by atoms with Gasteiger partial charge in [0.15, 0.2) is 0 Å². The third-order valence-electron chi connectivity index (χ3n) is 5.83. The summed E-state index contributed by atoms with van der Waals surface area (Å²) in [5.74, 6) is 0. The molecular weight excluding hydrogens is 469 g/mol. The maximum absolute atomic E-state index is 4.86. The number of benzene rings is 2. The Morgan fingerprint density at radius 1 is 0.742 bits per heavy atom. The van der Waals surface area contributed by atoms with Crippen molar-refractivity contribution in [3.63, 3.8) is 0 Å². The number of rotatable bonds is 4. The van der Waals surface area contributed by atoms with Gasteiger partial charge in [-0.05, 0) is 83.7 Å². The van der Waals surface area contributed by atoms with E-state index in [-0.39, 0.29) is 13.1 Å². The van der Waals surface area contributed by atoms with Crippen LogP contribution in [-0.2, 0) is 13.1 Å². The first-order chi connectivity index (χ1) is 14.7. The van der Waals surface area contributed by atoms with Gasteiger partial charge in [-0.3, -0.25) is 14.9 Å². The van der Waals surface area contributed by atoms with Crippen LogP contribution in [0.4, 0.5) is 11.4 Å². The summed E-state index contributed by atoms with van der Waals surface area (Å²) in [5, 5.41) is 0. The second kappa shape index (κ2) is 12.2. The minimum absolute atomic E-state index is 0.194. The van der Waals surface area contributed by atoms with Gasteiger partial charge in [-0.15, -0.1) is 0 Å². The van der Waals surface area contributed by atoms with Gasteiger partial charge in [0.1, 0.15) is 0 Å². The Hall–Kier alpha value is -1.16. The Balaban J connectivity index is 0.00000107. The Labute approximate surface area is 202 Å². The van der Waals surface area contributed by atoms with Gasteiger partial charge in [0.05, 0.1) is 11.4 Å². The van der Waals surface area contributed by atoms with E-state index >= 15 is 0 Å². The van der Waals surface area contributed by atoms with Crippen LogP contribution in [0.5, 0.6) is 0 Å². The van der Waals surface area contributed by atoms with Crippen molar-refractivity contribution in [2.24, 2.45) is 9.98 Å². The summed E-state index contributed by atoms with van der Waals surface area (Å²) in [6, 6.07) is 9.55. The molecule has 0 aromatic heterocycles. The summed E-state index contributed by atoms with van der Waals surface area (Å²) in [5.41, 5.74) is 9.81. The van der Waals surface area contributed by atoms with Crippen molar-refractivity contribution < 1.29 is 13.1 Å². The van der Waals surface area contributed by atoms with Crippen LogP contribution in [0, 0.1) is 41.5 Å². The quantitative estimate of drug-likeness (QED) is 0.315. The molecule has 2 aromatic rings. The molecule has 0 bridgehead atoms. The van der Waals surface area contributed by atoms with Gasteiger partial charge in [0.25, 0.3) is 0 Å². The molecule has 1 fully saturated rings. The molecule has 0 saturated carbocycles. The fourth-order valence-corrected chi connectivity index (χ4v) is 4.43. The molecule has 0 spiro atoms. The summed E-state index contributed by atoms with van der Waals surface area (Å²) in [6.07, 6.45) is 6.49. The van der Waals surface area contributed by atoms with Gasteiger partial charge in [-0.1, -0.05) is 35.4 Å². The van der Waals surface area contributed by atoms with Crippen molar-refractivity contribution in [3.8, 4) is 0 Å². The second-order valence-corrected chi connectivity index (χ2v) is 10.3. The predicted molar refractivity (Wildman–Crippen MR) is 134 cm³/mol. The fraction of sp³-hybridized carbons (Fsp3) is 0.440. The molecule has 1 saturated heterocycles. The van der Waals surface area contributed by atoms with Gasteiger partial charge in [0, 0.05) is 24.5 Å². The fourth-order valence-electron chi connectivity index (χ4n) is 4.43. The molecule has 0 amide bonds. The molecule has 2 atom stereocenters. The third-order valence-corrected chi connectivity index (χ3v) is 5.83. The molecule has 1 aliphatic heterocycles. The van der Waals surface area contributed by atoms with Crippen LogP contribution in [0.25, 0.3) is 0 Å². The average Bonchev–Trinajstić information content (AvgIpc) is 3.00. The van der Waals surface area contributed by atoms with Gasteiger partial charge in [0.2, 0.25) is 0 Å². The molecule has 6 heteroatoms. The Bertz CT molecular complexity index is 834. The molecule has 3 rings (SSSR count). The number of hydrogen-bond donors (Lipinski definition) is 0. The van der Waals surface area contributed by atoms with Gasteiger partial charge in [-0.25, -0.2) is 0 Å². The molecule has 0 aliphatic carbocycles. The Kier molecular flexibility index (Phi) is 10.3. The molecule has 2 aromatic carbocycles. The van der Waals surface area contributed by atoms with E-state index in [1.54, 1.807) is 0 Å². The van der Waals surface area contributed by atoms with Crippen LogP contribution in [0.15, 0.2) is 34.3 Å². The van der Waals surface area contributed by atoms with E-state index in [1.165, 1.54) is 33.4 Å². The predicted octanol–water partition coefficient (Wildman–Crippen LogP) is 7.48. The average molecular weight is 502 g/mol. The molecule has 3 nitrogen and oxygen atoms in total. The van der Waals surface area contributed by atoms with E-state index in [0.29, 0.717) is 12.1 Å². The van der Waals surface area contributed by atoms with Crippen molar-refractivity contribution in [1.29, 1.82) is 0 Å². The summed E-state index contributed by atoms with van der Waals surface area (Å²) in [6.45, 7) is 12.9. The summed E-state index contributed by atoms with van der Waals surface area (Å²) >= 11 is 0.194. The van der Waals surface area contributed by atoms with Gasteiger partial charge < -0.3 is 0 Å². The summed E-state index contributed by atoms with van der Waals surface area (Å²) in [7, 11) is 11.7. The van der Waals surface area contributed by atoms with E-state index in [4.69, 9.17) is 30.2 Å². The number of nitrogens with zero attached hydrogens (tertiary/aromatic N) is 3. The molecule has 31 heavy (non-hydrogen) atoms. The number of aryl methyl sites for hydroxylation is 6. The Morgan fingerprint density at radius 2 is 1.03 bits per heavy atom. The molecule has 1 heterocycles. The monoisotopic (exact) mass is 501 g/mol. The number of aliphatic imine (C=N–C) groups is 2. The van der Waals surface area contributed by atoms with E-state index in [0.717, 1.165) is 24.2 Å². The number of likely N-dealkylation sites (tertiary alicyclic amines) is 1. The van der Waals surface area contributed by atoms with Crippen molar-refractivity contribution in [2.45, 2.75) is 66.5 Å². The zero-order valence-corrected chi connectivity index (χ0v) is 22.1. The van der Waals surface area contributed by atoms with Crippen LogP contribution >= 0.6 is 20.2 Å². The van der Waals surface area contributed by atoms with Crippen molar-refractivity contribution in [2.75, 3.05) is 7.05 Å². The molecule has 0 N–H and O–H groups in total. The molecule has 0 radical (unpaired) electrons. The van der Waals surface area contributed by atoms with E-state index in [2.05, 4.69) is 90.2 Å². The van der Waals surface area contributed by atoms with E-state index in [1.807, 2.05) is 0 Å². The zero-order chi connectivity index (χ0) is 23.1. The normalized spacial score (nSPS) is 19.4. The van der Waals surface area contributed by atoms with Crippen molar-refractivity contribution in [1.82, 2.24) is 4.90 Å². The van der Waals surface area contributed by atoms with Crippen molar-refractivity contribution >= 4 is 44.0 Å². The second-order valence-electron chi connectivity index (χ2n) is 8.48. The maximum atomic E-state index is 4.86. The summed E-state index contributed by atoms with van der Waals surface area (Å²) in [4.78, 5) is 12.1. The van der Waals surface area contributed by atoms with Crippen LogP contribution in [0.2, 0.25) is 0 Å². The molecule has 170 valence electrons. The number of hydrogen-bond acceptors (Lipinski definition) is 3. The number of halogens is 2. The van der Waals surface area contributed by atoms with Crippen LogP contribution in [0.3, 0.4) is 0 Å². The minimum atomic E-state index is 0.194. The van der Waals surface area contributed by atoms with Crippen LogP contribution in [-0.4, -0.2) is 36.5 Å². The van der Waals surface area contributed by atoms with Gasteiger partial charge >= 0.3 is 33.3 Å². The van der Waals surface area contributed by atoms with Crippen LogP contribution in [0.1, 0.15) is 46.2 Å². The van der Waals surface area contributed by atoms with Crippen molar-refractivity contribution in [3.05, 3.63) is 57.6 Å². The zero-order valence-electron chi connectivity index (χ0n) is 19.5. The molecule has 2 unspecified atom stereocenters.